The number of hydrogen-bond acceptors (Lipinski definition) is 5. The van der Waals surface area contributed by atoms with Crippen molar-refractivity contribution in [2.75, 3.05) is 0 Å². The molecule has 0 unspecified atom stereocenters. The number of aromatic nitrogens is 2. The molecule has 1 atom stereocenters. The first-order chi connectivity index (χ1) is 13.7. The first-order valence-corrected chi connectivity index (χ1v) is 9.84. The number of benzene rings is 2. The lowest BCUT2D eigenvalue weighted by molar-refractivity contribution is -0.144. The van der Waals surface area contributed by atoms with Gasteiger partial charge in [-0.25, -0.2) is 9.78 Å². The van der Waals surface area contributed by atoms with Gasteiger partial charge < -0.3 is 9.84 Å². The lowest BCUT2D eigenvalue weighted by Gasteiger charge is -2.13. The maximum Gasteiger partial charge on any atom is 0.344 e. The fourth-order valence-electron chi connectivity index (χ4n) is 2.51. The maximum atomic E-state index is 12.8. The standard InChI is InChI=1S/C19H14BrCl2N3O4/c1-9(19(27)28)29-17-14(21)5-11(6-15(17)22)8-23-25-10(2)24-16-4-3-12(20)7-13(16)18(25)26/h3-9H,1-2H3,(H,27,28)/t9-/m1/s1. The van der Waals surface area contributed by atoms with Crippen LogP contribution in [0.15, 0.2) is 44.7 Å². The molecule has 1 aromatic heterocycles. The Morgan fingerprint density at radius 2 is 1.97 bits per heavy atom. The molecule has 0 saturated carbocycles. The molecule has 2 aromatic carbocycles. The summed E-state index contributed by atoms with van der Waals surface area (Å²) in [5.41, 5.74) is 0.746. The minimum Gasteiger partial charge on any atom is -0.479 e. The normalized spacial score (nSPS) is 12.4. The van der Waals surface area contributed by atoms with Crippen molar-refractivity contribution in [3.8, 4) is 5.75 Å². The summed E-state index contributed by atoms with van der Waals surface area (Å²) in [6, 6.07) is 8.25. The van der Waals surface area contributed by atoms with Crippen LogP contribution in [0.5, 0.6) is 5.75 Å². The molecule has 1 heterocycles. The van der Waals surface area contributed by atoms with E-state index in [9.17, 15) is 9.59 Å². The van der Waals surface area contributed by atoms with Crippen molar-refractivity contribution in [2.24, 2.45) is 5.10 Å². The zero-order valence-electron chi connectivity index (χ0n) is 15.2. The second-order valence-corrected chi connectivity index (χ2v) is 7.82. The Morgan fingerprint density at radius 3 is 2.59 bits per heavy atom. The van der Waals surface area contributed by atoms with E-state index in [-0.39, 0.29) is 21.4 Å². The number of nitrogens with zero attached hydrogens (tertiary/aromatic N) is 3. The summed E-state index contributed by atoms with van der Waals surface area (Å²) in [6.45, 7) is 3.04. The van der Waals surface area contributed by atoms with E-state index in [4.69, 9.17) is 33.0 Å². The van der Waals surface area contributed by atoms with Crippen LogP contribution in [0.1, 0.15) is 18.3 Å². The van der Waals surface area contributed by atoms with E-state index >= 15 is 0 Å². The number of carbonyl (C=O) groups is 1. The number of hydrogen-bond donors (Lipinski definition) is 1. The van der Waals surface area contributed by atoms with Crippen LogP contribution in [0, 0.1) is 6.92 Å². The molecule has 0 aliphatic carbocycles. The van der Waals surface area contributed by atoms with Gasteiger partial charge in [0, 0.05) is 4.47 Å². The van der Waals surface area contributed by atoms with Crippen LogP contribution in [0.2, 0.25) is 10.0 Å². The number of aryl methyl sites for hydroxylation is 1. The molecule has 0 saturated heterocycles. The fourth-order valence-corrected chi connectivity index (χ4v) is 3.47. The number of carboxylic acid groups (broad SMARTS) is 1. The zero-order chi connectivity index (χ0) is 21.3. The number of carboxylic acids is 1. The topological polar surface area (TPSA) is 93.8 Å². The van der Waals surface area contributed by atoms with E-state index in [2.05, 4.69) is 26.0 Å². The zero-order valence-corrected chi connectivity index (χ0v) is 18.3. The smallest absolute Gasteiger partial charge is 0.344 e. The van der Waals surface area contributed by atoms with Gasteiger partial charge >= 0.3 is 5.97 Å². The highest BCUT2D eigenvalue weighted by molar-refractivity contribution is 9.10. The van der Waals surface area contributed by atoms with Crippen molar-refractivity contribution in [2.45, 2.75) is 20.0 Å². The highest BCUT2D eigenvalue weighted by atomic mass is 79.9. The summed E-state index contributed by atoms with van der Waals surface area (Å²) < 4.78 is 7.21. The number of aliphatic carboxylic acids is 1. The summed E-state index contributed by atoms with van der Waals surface area (Å²) in [6.07, 6.45) is 0.288. The Morgan fingerprint density at radius 1 is 1.31 bits per heavy atom. The second kappa shape index (κ2) is 8.52. The molecule has 3 aromatic rings. The van der Waals surface area contributed by atoms with Crippen molar-refractivity contribution >= 4 is 62.2 Å². The molecule has 0 aliphatic heterocycles. The predicted octanol–water partition coefficient (Wildman–Crippen LogP) is 4.51. The molecule has 0 spiro atoms. The van der Waals surface area contributed by atoms with E-state index in [0.717, 1.165) is 4.47 Å². The largest absolute Gasteiger partial charge is 0.479 e. The summed E-state index contributed by atoms with van der Waals surface area (Å²) in [7, 11) is 0. The van der Waals surface area contributed by atoms with Crippen molar-refractivity contribution in [1.82, 2.24) is 9.66 Å². The highest BCUT2D eigenvalue weighted by Gasteiger charge is 2.17. The number of halogens is 3. The Balaban J connectivity index is 1.98. The quantitative estimate of drug-likeness (QED) is 0.522. The van der Waals surface area contributed by atoms with Gasteiger partial charge in [-0.1, -0.05) is 39.1 Å². The Hall–Kier alpha value is -2.42. The Labute approximate surface area is 183 Å². The maximum absolute atomic E-state index is 12.8. The molecular weight excluding hydrogens is 485 g/mol. The van der Waals surface area contributed by atoms with Gasteiger partial charge in [0.1, 0.15) is 5.82 Å². The van der Waals surface area contributed by atoms with E-state index in [1.807, 2.05) is 0 Å². The van der Waals surface area contributed by atoms with E-state index in [1.54, 1.807) is 25.1 Å². The Bertz CT molecular complexity index is 1190. The van der Waals surface area contributed by atoms with Gasteiger partial charge in [-0.3, -0.25) is 4.79 Å². The Kier molecular flexibility index (Phi) is 6.26. The first kappa shape index (κ1) is 21.3. The van der Waals surface area contributed by atoms with Gasteiger partial charge in [0.15, 0.2) is 11.9 Å². The lowest BCUT2D eigenvalue weighted by atomic mass is 10.2. The molecular formula is C19H14BrCl2N3O4. The fraction of sp³-hybridized carbons (Fsp3) is 0.158. The third-order valence-corrected chi connectivity index (χ3v) is 5.01. The molecule has 0 amide bonds. The van der Waals surface area contributed by atoms with E-state index in [1.165, 1.54) is 29.9 Å². The molecule has 7 nitrogen and oxygen atoms in total. The second-order valence-electron chi connectivity index (χ2n) is 6.09. The van der Waals surface area contributed by atoms with Crippen LogP contribution < -0.4 is 10.3 Å². The molecule has 10 heteroatoms. The van der Waals surface area contributed by atoms with Crippen molar-refractivity contribution in [1.29, 1.82) is 0 Å². The molecule has 150 valence electrons. The minimum absolute atomic E-state index is 0.0611. The third-order valence-electron chi connectivity index (χ3n) is 3.96. The minimum atomic E-state index is -1.15. The molecule has 29 heavy (non-hydrogen) atoms. The number of fused-ring (bicyclic) bond motifs is 1. The van der Waals surface area contributed by atoms with Crippen LogP contribution in [0.25, 0.3) is 10.9 Å². The highest BCUT2D eigenvalue weighted by Crippen LogP contribution is 2.34. The van der Waals surface area contributed by atoms with Crippen LogP contribution in [-0.4, -0.2) is 33.1 Å². The summed E-state index contributed by atoms with van der Waals surface area (Å²) in [4.78, 5) is 28.1. The third kappa shape index (κ3) is 4.60. The van der Waals surface area contributed by atoms with Gasteiger partial charge in [-0.05, 0) is 49.7 Å². The van der Waals surface area contributed by atoms with Crippen LogP contribution >= 0.6 is 39.1 Å². The predicted molar refractivity (Wildman–Crippen MR) is 116 cm³/mol. The average Bonchev–Trinajstić information content (AvgIpc) is 2.65. The molecule has 0 aliphatic rings. The summed E-state index contributed by atoms with van der Waals surface area (Å²) in [5, 5.41) is 13.8. The van der Waals surface area contributed by atoms with Crippen LogP contribution in [0.4, 0.5) is 0 Å². The molecule has 0 fully saturated rings. The average molecular weight is 499 g/mol. The van der Waals surface area contributed by atoms with Crippen molar-refractivity contribution in [3.05, 3.63) is 66.6 Å². The number of ether oxygens (including phenoxy) is 1. The van der Waals surface area contributed by atoms with Gasteiger partial charge in [-0.2, -0.15) is 9.78 Å². The molecule has 1 N–H and O–H groups in total. The van der Waals surface area contributed by atoms with E-state index in [0.29, 0.717) is 22.3 Å². The van der Waals surface area contributed by atoms with Gasteiger partial charge in [0.25, 0.3) is 5.56 Å². The van der Waals surface area contributed by atoms with Gasteiger partial charge in [0.2, 0.25) is 0 Å². The van der Waals surface area contributed by atoms with Crippen LogP contribution in [-0.2, 0) is 4.79 Å². The van der Waals surface area contributed by atoms with Crippen molar-refractivity contribution in [3.63, 3.8) is 0 Å². The monoisotopic (exact) mass is 497 g/mol. The number of rotatable bonds is 5. The van der Waals surface area contributed by atoms with Crippen molar-refractivity contribution < 1.29 is 14.6 Å². The van der Waals surface area contributed by atoms with Gasteiger partial charge in [0.05, 0.1) is 27.2 Å². The first-order valence-electron chi connectivity index (χ1n) is 8.29. The van der Waals surface area contributed by atoms with Crippen LogP contribution in [0.3, 0.4) is 0 Å². The molecule has 0 bridgehead atoms. The van der Waals surface area contributed by atoms with Gasteiger partial charge in [-0.15, -0.1) is 0 Å². The lowest BCUT2D eigenvalue weighted by Crippen LogP contribution is -2.23. The molecule has 3 rings (SSSR count). The SMILES string of the molecule is Cc1nc2ccc(Br)cc2c(=O)n1N=Cc1cc(Cl)c(O[C@H](C)C(=O)O)c(Cl)c1. The molecule has 0 radical (unpaired) electrons. The summed E-state index contributed by atoms with van der Waals surface area (Å²) in [5.74, 6) is -0.674. The summed E-state index contributed by atoms with van der Waals surface area (Å²) >= 11 is 15.7. The van der Waals surface area contributed by atoms with E-state index < -0.39 is 12.1 Å².